The summed E-state index contributed by atoms with van der Waals surface area (Å²) in [6.07, 6.45) is 3.57. The number of hydrogen-bond donors (Lipinski definition) is 2. The molecule has 1 amide bonds. The van der Waals surface area contributed by atoms with E-state index in [2.05, 4.69) is 12.2 Å². The predicted octanol–water partition coefficient (Wildman–Crippen LogP) is 3.15. The summed E-state index contributed by atoms with van der Waals surface area (Å²) >= 11 is 5.90. The maximum absolute atomic E-state index is 13.0. The number of rotatable bonds is 3. The summed E-state index contributed by atoms with van der Waals surface area (Å²) in [5, 5.41) is 12.6. The van der Waals surface area contributed by atoms with Gasteiger partial charge in [-0.3, -0.25) is 4.79 Å². The monoisotopic (exact) mass is 299 g/mol. The zero-order valence-corrected chi connectivity index (χ0v) is 12.2. The van der Waals surface area contributed by atoms with Crippen molar-refractivity contribution >= 4 is 17.5 Å². The minimum atomic E-state index is -0.591. The maximum atomic E-state index is 13.0. The van der Waals surface area contributed by atoms with Crippen LogP contribution in [0.2, 0.25) is 5.02 Å². The number of carbonyl (C=O) groups excluding carboxylic acids is 1. The van der Waals surface area contributed by atoms with Crippen LogP contribution in [-0.4, -0.2) is 23.2 Å². The standard InChI is InChI=1S/C15H19ClFNO2/c1-10-3-2-6-15(8-10,9-19)18-14(20)12-5-4-11(17)7-13(12)16/h4-5,7,10,19H,2-3,6,8-9H2,1H3,(H,18,20). The number of carbonyl (C=O) groups is 1. The Morgan fingerprint density at radius 1 is 1.60 bits per heavy atom. The third-order valence-corrected chi connectivity index (χ3v) is 4.26. The number of aliphatic hydroxyl groups is 1. The number of nitrogens with one attached hydrogen (secondary N) is 1. The van der Waals surface area contributed by atoms with Crippen molar-refractivity contribution in [1.29, 1.82) is 0 Å². The summed E-state index contributed by atoms with van der Waals surface area (Å²) in [6, 6.07) is 3.69. The van der Waals surface area contributed by atoms with E-state index < -0.39 is 11.4 Å². The Bertz CT molecular complexity index is 509. The first-order valence-electron chi connectivity index (χ1n) is 6.84. The number of halogens is 2. The quantitative estimate of drug-likeness (QED) is 0.901. The first-order chi connectivity index (χ1) is 9.46. The van der Waals surface area contributed by atoms with Crippen LogP contribution in [0.1, 0.15) is 43.0 Å². The van der Waals surface area contributed by atoms with Crippen molar-refractivity contribution in [2.24, 2.45) is 5.92 Å². The van der Waals surface area contributed by atoms with Gasteiger partial charge in [-0.2, -0.15) is 0 Å². The smallest absolute Gasteiger partial charge is 0.253 e. The van der Waals surface area contributed by atoms with Gasteiger partial charge in [0.25, 0.3) is 5.91 Å². The summed E-state index contributed by atoms with van der Waals surface area (Å²) < 4.78 is 13.0. The van der Waals surface area contributed by atoms with Gasteiger partial charge in [-0.15, -0.1) is 0 Å². The van der Waals surface area contributed by atoms with Crippen LogP contribution < -0.4 is 5.32 Å². The molecule has 2 unspecified atom stereocenters. The fraction of sp³-hybridized carbons (Fsp3) is 0.533. The van der Waals surface area contributed by atoms with Gasteiger partial charge in [0.2, 0.25) is 0 Å². The molecule has 0 heterocycles. The highest BCUT2D eigenvalue weighted by Gasteiger charge is 2.36. The van der Waals surface area contributed by atoms with Crippen molar-refractivity contribution in [3.63, 3.8) is 0 Å². The van der Waals surface area contributed by atoms with E-state index in [-0.39, 0.29) is 23.1 Å². The van der Waals surface area contributed by atoms with Crippen LogP contribution in [0, 0.1) is 11.7 Å². The van der Waals surface area contributed by atoms with Crippen molar-refractivity contribution in [3.8, 4) is 0 Å². The van der Waals surface area contributed by atoms with Crippen molar-refractivity contribution in [2.45, 2.75) is 38.1 Å². The van der Waals surface area contributed by atoms with Crippen LogP contribution in [0.3, 0.4) is 0 Å². The second-order valence-electron chi connectivity index (χ2n) is 5.72. The molecule has 110 valence electrons. The Balaban J connectivity index is 2.16. The van der Waals surface area contributed by atoms with Gasteiger partial charge < -0.3 is 10.4 Å². The van der Waals surface area contributed by atoms with Crippen LogP contribution in [0.15, 0.2) is 18.2 Å². The molecular weight excluding hydrogens is 281 g/mol. The van der Waals surface area contributed by atoms with E-state index >= 15 is 0 Å². The van der Waals surface area contributed by atoms with E-state index in [4.69, 9.17) is 11.6 Å². The molecular formula is C15H19ClFNO2. The molecule has 0 aliphatic heterocycles. The summed E-state index contributed by atoms with van der Waals surface area (Å²) in [5.41, 5.74) is -0.356. The molecule has 0 radical (unpaired) electrons. The van der Waals surface area contributed by atoms with Crippen molar-refractivity contribution in [3.05, 3.63) is 34.6 Å². The van der Waals surface area contributed by atoms with E-state index in [1.165, 1.54) is 12.1 Å². The second kappa shape index (κ2) is 6.10. The van der Waals surface area contributed by atoms with E-state index in [0.717, 1.165) is 31.7 Å². The third-order valence-electron chi connectivity index (χ3n) is 3.95. The average Bonchev–Trinajstić information content (AvgIpc) is 2.38. The molecule has 1 saturated carbocycles. The minimum absolute atomic E-state index is 0.0828. The molecule has 0 spiro atoms. The zero-order valence-electron chi connectivity index (χ0n) is 11.5. The molecule has 20 heavy (non-hydrogen) atoms. The molecule has 3 nitrogen and oxygen atoms in total. The second-order valence-corrected chi connectivity index (χ2v) is 6.13. The van der Waals surface area contributed by atoms with E-state index in [1.54, 1.807) is 0 Å². The topological polar surface area (TPSA) is 49.3 Å². The Morgan fingerprint density at radius 2 is 2.35 bits per heavy atom. The van der Waals surface area contributed by atoms with Crippen molar-refractivity contribution < 1.29 is 14.3 Å². The molecule has 1 aliphatic rings. The lowest BCUT2D eigenvalue weighted by Gasteiger charge is -2.39. The zero-order chi connectivity index (χ0) is 14.8. The SMILES string of the molecule is CC1CCCC(CO)(NC(=O)c2ccc(F)cc2Cl)C1. The first-order valence-corrected chi connectivity index (χ1v) is 7.22. The minimum Gasteiger partial charge on any atom is -0.394 e. The van der Waals surface area contributed by atoms with Crippen LogP contribution in [0.5, 0.6) is 0 Å². The van der Waals surface area contributed by atoms with Crippen LogP contribution in [0.25, 0.3) is 0 Å². The van der Waals surface area contributed by atoms with Gasteiger partial charge in [0, 0.05) is 0 Å². The molecule has 0 saturated heterocycles. The molecule has 5 heteroatoms. The fourth-order valence-electron chi connectivity index (χ4n) is 2.94. The van der Waals surface area contributed by atoms with Crippen LogP contribution >= 0.6 is 11.6 Å². The largest absolute Gasteiger partial charge is 0.394 e. The molecule has 2 rings (SSSR count). The number of hydrogen-bond acceptors (Lipinski definition) is 2. The first kappa shape index (κ1) is 15.3. The fourth-order valence-corrected chi connectivity index (χ4v) is 3.19. The Hall–Kier alpha value is -1.13. The van der Waals surface area contributed by atoms with Crippen LogP contribution in [0.4, 0.5) is 4.39 Å². The third kappa shape index (κ3) is 3.30. The highest BCUT2D eigenvalue weighted by Crippen LogP contribution is 2.32. The van der Waals surface area contributed by atoms with Crippen molar-refractivity contribution in [1.82, 2.24) is 5.32 Å². The molecule has 1 aliphatic carbocycles. The number of benzene rings is 1. The van der Waals surface area contributed by atoms with Gasteiger partial charge in [-0.05, 0) is 37.0 Å². The van der Waals surface area contributed by atoms with Gasteiger partial charge in [0.15, 0.2) is 0 Å². The number of amides is 1. The average molecular weight is 300 g/mol. The van der Waals surface area contributed by atoms with E-state index in [9.17, 15) is 14.3 Å². The Labute approximate surface area is 123 Å². The molecule has 1 aromatic rings. The number of aliphatic hydroxyl groups excluding tert-OH is 1. The van der Waals surface area contributed by atoms with Gasteiger partial charge in [0.1, 0.15) is 5.82 Å². The van der Waals surface area contributed by atoms with Crippen LogP contribution in [-0.2, 0) is 0 Å². The van der Waals surface area contributed by atoms with E-state index in [0.29, 0.717) is 5.92 Å². The highest BCUT2D eigenvalue weighted by molar-refractivity contribution is 6.33. The Morgan fingerprint density at radius 3 is 2.95 bits per heavy atom. The van der Waals surface area contributed by atoms with Gasteiger partial charge >= 0.3 is 0 Å². The summed E-state index contributed by atoms with van der Waals surface area (Å²) in [6.45, 7) is 2.02. The highest BCUT2D eigenvalue weighted by atomic mass is 35.5. The lowest BCUT2D eigenvalue weighted by molar-refractivity contribution is 0.0697. The van der Waals surface area contributed by atoms with Gasteiger partial charge in [0.05, 0.1) is 22.7 Å². The molecule has 2 atom stereocenters. The predicted molar refractivity (Wildman–Crippen MR) is 76.3 cm³/mol. The lowest BCUT2D eigenvalue weighted by Crippen LogP contribution is -2.53. The summed E-state index contributed by atoms with van der Waals surface area (Å²) in [7, 11) is 0. The lowest BCUT2D eigenvalue weighted by atomic mass is 9.76. The summed E-state index contributed by atoms with van der Waals surface area (Å²) in [4.78, 5) is 12.3. The Kier molecular flexibility index (Phi) is 4.66. The summed E-state index contributed by atoms with van der Waals surface area (Å²) in [5.74, 6) is -0.382. The van der Waals surface area contributed by atoms with Gasteiger partial charge in [-0.25, -0.2) is 4.39 Å². The maximum Gasteiger partial charge on any atom is 0.253 e. The molecule has 0 aromatic heterocycles. The molecule has 2 N–H and O–H groups in total. The normalized spacial score (nSPS) is 26.3. The molecule has 1 fully saturated rings. The van der Waals surface area contributed by atoms with E-state index in [1.807, 2.05) is 0 Å². The van der Waals surface area contributed by atoms with Gasteiger partial charge in [-0.1, -0.05) is 31.4 Å². The molecule has 1 aromatic carbocycles. The van der Waals surface area contributed by atoms with Crippen molar-refractivity contribution in [2.75, 3.05) is 6.61 Å². The molecule has 0 bridgehead atoms.